The maximum Gasteiger partial charge on any atom is 0.316 e. The minimum absolute atomic E-state index is 0. The molecule has 0 amide bonds. The molecule has 0 aliphatic carbocycles. The second-order valence-corrected chi connectivity index (χ2v) is 6.03. The molecule has 13 heavy (non-hydrogen) atoms. The smallest absolute Gasteiger partial charge is 0.316 e. The quantitative estimate of drug-likeness (QED) is 0.382. The molecule has 78 valence electrons. The summed E-state index contributed by atoms with van der Waals surface area (Å²) in [4.78, 5) is 0. The number of hydrogen-bond acceptors (Lipinski definition) is 2. The van der Waals surface area contributed by atoms with E-state index in [1.165, 1.54) is 0 Å². The summed E-state index contributed by atoms with van der Waals surface area (Å²) in [6.45, 7) is 8.05. The molecule has 0 aliphatic heterocycles. The van der Waals surface area contributed by atoms with Crippen LogP contribution in [0.5, 0.6) is 0 Å². The van der Waals surface area contributed by atoms with E-state index in [-0.39, 0.29) is 41.2 Å². The van der Waals surface area contributed by atoms with Crippen molar-refractivity contribution in [2.45, 2.75) is 45.8 Å². The van der Waals surface area contributed by atoms with Crippen LogP contribution in [-0.2, 0) is 9.47 Å². The van der Waals surface area contributed by atoms with Crippen molar-refractivity contribution in [3.05, 3.63) is 0 Å². The van der Waals surface area contributed by atoms with Crippen molar-refractivity contribution in [3.8, 4) is 0 Å². The van der Waals surface area contributed by atoms with Crippen molar-refractivity contribution in [1.82, 2.24) is 0 Å². The standard InChI is InChI=1S/C8H19ClO2Si.Mg.2H/c1-6(2)10-8(12-5-9)11-7(3)4;;;/h6-8H,5,12H2,1-4H3;;;. The van der Waals surface area contributed by atoms with Crippen molar-refractivity contribution in [2.24, 2.45) is 0 Å². The first kappa shape index (κ1) is 16.6. The lowest BCUT2D eigenvalue weighted by Crippen LogP contribution is -2.31. The van der Waals surface area contributed by atoms with Gasteiger partial charge in [0, 0.05) is 5.50 Å². The van der Waals surface area contributed by atoms with Crippen LogP contribution in [0.15, 0.2) is 0 Å². The Bertz CT molecular complexity index is 104. The van der Waals surface area contributed by atoms with Gasteiger partial charge < -0.3 is 9.47 Å². The van der Waals surface area contributed by atoms with E-state index in [2.05, 4.69) is 0 Å². The van der Waals surface area contributed by atoms with Gasteiger partial charge in [-0.05, 0) is 27.7 Å². The first-order chi connectivity index (χ1) is 5.56. The molecule has 0 saturated carbocycles. The van der Waals surface area contributed by atoms with E-state index >= 15 is 0 Å². The number of rotatable bonds is 6. The lowest BCUT2D eigenvalue weighted by atomic mass is 10.5. The Hall–Kier alpha value is 1.19. The van der Waals surface area contributed by atoms with Crippen LogP contribution in [0.1, 0.15) is 27.7 Å². The van der Waals surface area contributed by atoms with E-state index in [1.54, 1.807) is 0 Å². The van der Waals surface area contributed by atoms with Crippen molar-refractivity contribution in [3.63, 3.8) is 0 Å². The van der Waals surface area contributed by atoms with E-state index in [9.17, 15) is 0 Å². The van der Waals surface area contributed by atoms with E-state index in [0.717, 1.165) is 0 Å². The minimum atomic E-state index is -0.429. The molecule has 0 atom stereocenters. The van der Waals surface area contributed by atoms with Gasteiger partial charge in [-0.15, -0.1) is 11.6 Å². The number of alkyl halides is 1. The van der Waals surface area contributed by atoms with Crippen molar-refractivity contribution in [2.75, 3.05) is 5.50 Å². The van der Waals surface area contributed by atoms with Gasteiger partial charge in [0.25, 0.3) is 0 Å². The van der Waals surface area contributed by atoms with Crippen LogP contribution >= 0.6 is 11.6 Å². The molecule has 2 nitrogen and oxygen atoms in total. The zero-order valence-corrected chi connectivity index (χ0v) is 10.5. The van der Waals surface area contributed by atoms with Crippen LogP contribution in [0, 0.1) is 0 Å². The van der Waals surface area contributed by atoms with Crippen LogP contribution in [0.25, 0.3) is 0 Å². The Balaban J connectivity index is 0. The van der Waals surface area contributed by atoms with E-state index in [1.807, 2.05) is 27.7 Å². The molecule has 5 heteroatoms. The molecule has 0 unspecified atom stereocenters. The van der Waals surface area contributed by atoms with Crippen molar-refractivity contribution < 1.29 is 9.47 Å². The van der Waals surface area contributed by atoms with Gasteiger partial charge in [-0.1, -0.05) is 0 Å². The molecule has 0 bridgehead atoms. The van der Waals surface area contributed by atoms with Gasteiger partial charge in [-0.25, -0.2) is 0 Å². The first-order valence-corrected chi connectivity index (χ1v) is 6.78. The van der Waals surface area contributed by atoms with Crippen LogP contribution in [0.3, 0.4) is 0 Å². The molecule has 0 aromatic rings. The number of ether oxygens (including phenoxy) is 2. The zero-order valence-electron chi connectivity index (χ0n) is 8.34. The van der Waals surface area contributed by atoms with Crippen molar-refractivity contribution >= 4 is 44.2 Å². The summed E-state index contributed by atoms with van der Waals surface area (Å²) in [6.07, 6.45) is 0.453. The fraction of sp³-hybridized carbons (Fsp3) is 1.00. The van der Waals surface area contributed by atoms with Crippen LogP contribution in [0.4, 0.5) is 0 Å². The predicted octanol–water partition coefficient (Wildman–Crippen LogP) is 0.569. The Kier molecular flexibility index (Phi) is 12.4. The van der Waals surface area contributed by atoms with Gasteiger partial charge in [-0.3, -0.25) is 0 Å². The Morgan fingerprint density at radius 1 is 1.08 bits per heavy atom. The normalized spacial score (nSPS) is 12.0. The third kappa shape index (κ3) is 11.1. The summed E-state index contributed by atoms with van der Waals surface area (Å²) in [5.41, 5.74) is 0.712. The van der Waals surface area contributed by atoms with Gasteiger partial charge in [0.2, 0.25) is 0 Å². The molecular weight excluding hydrogens is 216 g/mol. The molecular formula is C8H21ClMgO2Si. The van der Waals surface area contributed by atoms with Crippen LogP contribution in [0.2, 0.25) is 0 Å². The molecule has 0 heterocycles. The summed E-state index contributed by atoms with van der Waals surface area (Å²) in [5, 5.41) is 0. The Labute approximate surface area is 105 Å². The highest BCUT2D eigenvalue weighted by atomic mass is 35.5. The molecule has 0 saturated heterocycles. The molecule has 0 radical (unpaired) electrons. The topological polar surface area (TPSA) is 18.5 Å². The van der Waals surface area contributed by atoms with Crippen LogP contribution in [-0.4, -0.2) is 56.2 Å². The van der Waals surface area contributed by atoms with Crippen LogP contribution < -0.4 is 0 Å². The molecule has 0 aliphatic rings. The van der Waals surface area contributed by atoms with Gasteiger partial charge >= 0.3 is 23.1 Å². The van der Waals surface area contributed by atoms with Gasteiger partial charge in [0.15, 0.2) is 0 Å². The van der Waals surface area contributed by atoms with Gasteiger partial charge in [0.1, 0.15) is 15.4 Å². The molecule has 0 N–H and O–H groups in total. The summed E-state index contributed by atoms with van der Waals surface area (Å²) < 4.78 is 11.1. The fourth-order valence-electron chi connectivity index (χ4n) is 0.864. The minimum Gasteiger partial charge on any atom is -0.354 e. The maximum absolute atomic E-state index is 5.66. The SMILES string of the molecule is CC(C)OC(OC(C)C)[SiH2]CCl.[MgH2]. The van der Waals surface area contributed by atoms with Crippen molar-refractivity contribution in [1.29, 1.82) is 0 Å². The zero-order chi connectivity index (χ0) is 9.56. The molecule has 0 fully saturated rings. The van der Waals surface area contributed by atoms with E-state index in [4.69, 9.17) is 21.1 Å². The molecule has 0 rings (SSSR count). The fourth-order valence-corrected chi connectivity index (χ4v) is 2.62. The summed E-state index contributed by atoms with van der Waals surface area (Å²) in [5.74, 6) is -0.0116. The third-order valence-electron chi connectivity index (χ3n) is 1.19. The summed E-state index contributed by atoms with van der Waals surface area (Å²) in [6, 6.07) is 0. The summed E-state index contributed by atoms with van der Waals surface area (Å²) >= 11 is 5.66. The second-order valence-electron chi connectivity index (χ2n) is 3.28. The average molecular weight is 237 g/mol. The maximum atomic E-state index is 5.66. The average Bonchev–Trinajstić information content (AvgIpc) is 1.84. The highest BCUT2D eigenvalue weighted by Crippen LogP contribution is 2.02. The van der Waals surface area contributed by atoms with E-state index in [0.29, 0.717) is 5.50 Å². The predicted molar refractivity (Wildman–Crippen MR) is 64.0 cm³/mol. The lowest BCUT2D eigenvalue weighted by molar-refractivity contribution is -0.133. The monoisotopic (exact) mass is 236 g/mol. The van der Waals surface area contributed by atoms with Gasteiger partial charge in [-0.2, -0.15) is 0 Å². The molecule has 0 aromatic heterocycles. The highest BCUT2D eigenvalue weighted by molar-refractivity contribution is 6.50. The lowest BCUT2D eigenvalue weighted by Gasteiger charge is -2.21. The largest absolute Gasteiger partial charge is 0.354 e. The second kappa shape index (κ2) is 9.74. The highest BCUT2D eigenvalue weighted by Gasteiger charge is 2.12. The van der Waals surface area contributed by atoms with Gasteiger partial charge in [0.05, 0.1) is 12.2 Å². The van der Waals surface area contributed by atoms with E-state index < -0.39 is 9.52 Å². The number of hydrogen-bond donors (Lipinski definition) is 0. The summed E-state index contributed by atoms with van der Waals surface area (Å²) in [7, 11) is -0.429. The first-order valence-electron chi connectivity index (χ1n) is 4.43. The molecule has 0 aromatic carbocycles. The number of halogens is 1. The third-order valence-corrected chi connectivity index (χ3v) is 2.92. The Morgan fingerprint density at radius 3 is 1.69 bits per heavy atom. The Morgan fingerprint density at radius 2 is 1.46 bits per heavy atom. The molecule has 0 spiro atoms.